The zero-order chi connectivity index (χ0) is 17.0. The van der Waals surface area contributed by atoms with Crippen molar-refractivity contribution < 1.29 is 19.0 Å². The number of hydrogen-bond acceptors (Lipinski definition) is 4. The fourth-order valence-corrected chi connectivity index (χ4v) is 2.65. The number of rotatable bonds is 4. The summed E-state index contributed by atoms with van der Waals surface area (Å²) in [6, 6.07) is 3.77. The largest absolute Gasteiger partial charge is 0.394 e. The van der Waals surface area contributed by atoms with Gasteiger partial charge in [0.15, 0.2) is 0 Å². The van der Waals surface area contributed by atoms with Crippen molar-refractivity contribution in [3.8, 4) is 0 Å². The molecule has 0 unspecified atom stereocenters. The highest BCUT2D eigenvalue weighted by molar-refractivity contribution is 5.89. The van der Waals surface area contributed by atoms with E-state index >= 15 is 0 Å². The summed E-state index contributed by atoms with van der Waals surface area (Å²) in [5.74, 6) is -0.390. The number of urea groups is 1. The number of aliphatic hydroxyl groups is 1. The number of ether oxygens (including phenoxy) is 1. The molecule has 1 aliphatic rings. The summed E-state index contributed by atoms with van der Waals surface area (Å²) in [4.78, 5) is 13.6. The van der Waals surface area contributed by atoms with Crippen LogP contribution in [0.2, 0.25) is 0 Å². The molecule has 0 spiro atoms. The smallest absolute Gasteiger partial charge is 0.319 e. The third kappa shape index (κ3) is 4.80. The van der Waals surface area contributed by atoms with Gasteiger partial charge in [-0.1, -0.05) is 0 Å². The predicted molar refractivity (Wildman–Crippen MR) is 87.3 cm³/mol. The van der Waals surface area contributed by atoms with Crippen LogP contribution in [0.4, 0.5) is 20.6 Å². The highest BCUT2D eigenvalue weighted by atomic mass is 19.1. The van der Waals surface area contributed by atoms with Crippen molar-refractivity contribution in [3.05, 3.63) is 24.0 Å². The molecule has 1 aromatic carbocycles. The standard InChI is InChI=1S/C16H24FN3O3/c1-10(9-21)18-16(22)19-13-4-5-15(14(17)6-13)20-7-11(2)23-12(3)8-20/h4-6,10-12,21H,7-9H2,1-3H3,(H2,18,19,22)/t10-,11-,12+/m1/s1. The lowest BCUT2D eigenvalue weighted by Gasteiger charge is -2.37. The van der Waals surface area contributed by atoms with Gasteiger partial charge in [-0.05, 0) is 39.0 Å². The van der Waals surface area contributed by atoms with Crippen LogP contribution in [0.3, 0.4) is 0 Å². The molecular formula is C16H24FN3O3. The van der Waals surface area contributed by atoms with Crippen LogP contribution in [0.25, 0.3) is 0 Å². The van der Waals surface area contributed by atoms with E-state index in [0.29, 0.717) is 24.5 Å². The molecular weight excluding hydrogens is 301 g/mol. The zero-order valence-electron chi connectivity index (χ0n) is 13.7. The lowest BCUT2D eigenvalue weighted by atomic mass is 10.2. The second kappa shape index (κ2) is 7.61. The molecule has 1 aromatic rings. The summed E-state index contributed by atoms with van der Waals surface area (Å²) < 4.78 is 20.0. The van der Waals surface area contributed by atoms with Crippen molar-refractivity contribution in [2.75, 3.05) is 29.9 Å². The first-order valence-corrected chi connectivity index (χ1v) is 7.77. The average Bonchev–Trinajstić information content (AvgIpc) is 2.45. The number of carbonyl (C=O) groups excluding carboxylic acids is 1. The molecule has 0 aromatic heterocycles. The highest BCUT2D eigenvalue weighted by Crippen LogP contribution is 2.26. The Morgan fingerprint density at radius 2 is 2.09 bits per heavy atom. The van der Waals surface area contributed by atoms with Gasteiger partial charge in [0.25, 0.3) is 0 Å². The molecule has 23 heavy (non-hydrogen) atoms. The van der Waals surface area contributed by atoms with E-state index < -0.39 is 6.03 Å². The molecule has 1 heterocycles. The number of nitrogens with one attached hydrogen (secondary N) is 2. The number of carbonyl (C=O) groups is 1. The van der Waals surface area contributed by atoms with E-state index in [-0.39, 0.29) is 30.7 Å². The molecule has 1 saturated heterocycles. The van der Waals surface area contributed by atoms with Gasteiger partial charge in [-0.2, -0.15) is 0 Å². The fraction of sp³-hybridized carbons (Fsp3) is 0.562. The zero-order valence-corrected chi connectivity index (χ0v) is 13.7. The van der Waals surface area contributed by atoms with E-state index in [9.17, 15) is 9.18 Å². The van der Waals surface area contributed by atoms with E-state index in [4.69, 9.17) is 9.84 Å². The van der Waals surface area contributed by atoms with Gasteiger partial charge < -0.3 is 25.4 Å². The van der Waals surface area contributed by atoms with Crippen molar-refractivity contribution in [2.24, 2.45) is 0 Å². The summed E-state index contributed by atoms with van der Waals surface area (Å²) in [6.07, 6.45) is 0.0865. The first kappa shape index (κ1) is 17.5. The average molecular weight is 325 g/mol. The molecule has 3 atom stereocenters. The summed E-state index contributed by atoms with van der Waals surface area (Å²) >= 11 is 0. The Balaban J connectivity index is 2.04. The van der Waals surface area contributed by atoms with Crippen molar-refractivity contribution in [1.82, 2.24) is 5.32 Å². The van der Waals surface area contributed by atoms with Gasteiger partial charge in [-0.3, -0.25) is 0 Å². The third-order valence-electron chi connectivity index (χ3n) is 3.62. The maximum Gasteiger partial charge on any atom is 0.319 e. The molecule has 0 aliphatic carbocycles. The number of aliphatic hydroxyl groups excluding tert-OH is 1. The Hall–Kier alpha value is -1.86. The van der Waals surface area contributed by atoms with Crippen LogP contribution >= 0.6 is 0 Å². The van der Waals surface area contributed by atoms with Crippen molar-refractivity contribution >= 4 is 17.4 Å². The number of hydrogen-bond donors (Lipinski definition) is 3. The van der Waals surface area contributed by atoms with Gasteiger partial charge in [-0.15, -0.1) is 0 Å². The molecule has 128 valence electrons. The Morgan fingerprint density at radius 3 is 2.65 bits per heavy atom. The van der Waals surface area contributed by atoms with E-state index in [1.807, 2.05) is 18.7 Å². The molecule has 1 fully saturated rings. The third-order valence-corrected chi connectivity index (χ3v) is 3.62. The Bertz CT molecular complexity index is 545. The van der Waals surface area contributed by atoms with Gasteiger partial charge >= 0.3 is 6.03 Å². The van der Waals surface area contributed by atoms with Gasteiger partial charge in [-0.25, -0.2) is 9.18 Å². The summed E-state index contributed by atoms with van der Waals surface area (Å²) in [7, 11) is 0. The minimum absolute atomic E-state index is 0.0432. The van der Waals surface area contributed by atoms with E-state index in [2.05, 4.69) is 10.6 Å². The molecule has 0 bridgehead atoms. The van der Waals surface area contributed by atoms with Crippen molar-refractivity contribution in [3.63, 3.8) is 0 Å². The molecule has 6 nitrogen and oxygen atoms in total. The van der Waals surface area contributed by atoms with E-state index in [1.165, 1.54) is 6.07 Å². The molecule has 7 heteroatoms. The van der Waals surface area contributed by atoms with Crippen LogP contribution in [0.5, 0.6) is 0 Å². The first-order chi connectivity index (χ1) is 10.9. The van der Waals surface area contributed by atoms with Gasteiger partial charge in [0.1, 0.15) is 5.82 Å². The second-order valence-corrected chi connectivity index (χ2v) is 6.01. The summed E-state index contributed by atoms with van der Waals surface area (Å²) in [5, 5.41) is 14.0. The quantitative estimate of drug-likeness (QED) is 0.791. The van der Waals surface area contributed by atoms with Gasteiger partial charge in [0.2, 0.25) is 0 Å². The number of morpholine rings is 1. The van der Waals surface area contributed by atoms with E-state index in [1.54, 1.807) is 19.1 Å². The fourth-order valence-electron chi connectivity index (χ4n) is 2.65. The van der Waals surface area contributed by atoms with Crippen LogP contribution in [-0.4, -0.2) is 49.1 Å². The number of amides is 2. The minimum Gasteiger partial charge on any atom is -0.394 e. The lowest BCUT2D eigenvalue weighted by molar-refractivity contribution is -0.00539. The second-order valence-electron chi connectivity index (χ2n) is 6.01. The maximum atomic E-state index is 14.4. The maximum absolute atomic E-state index is 14.4. The molecule has 2 rings (SSSR count). The number of nitrogens with zero attached hydrogens (tertiary/aromatic N) is 1. The topological polar surface area (TPSA) is 73.8 Å². The minimum atomic E-state index is -0.479. The SMILES string of the molecule is C[C@H](CO)NC(=O)Nc1ccc(N2C[C@@H](C)O[C@@H](C)C2)c(F)c1. The predicted octanol–water partition coefficient (Wildman–Crippen LogP) is 1.94. The normalized spacial score (nSPS) is 22.6. The van der Waals surface area contributed by atoms with Crippen LogP contribution in [-0.2, 0) is 4.74 Å². The van der Waals surface area contributed by atoms with E-state index in [0.717, 1.165) is 0 Å². The first-order valence-electron chi connectivity index (χ1n) is 7.77. The Morgan fingerprint density at radius 1 is 1.43 bits per heavy atom. The number of halogens is 1. The van der Waals surface area contributed by atoms with Crippen molar-refractivity contribution in [1.29, 1.82) is 0 Å². The molecule has 3 N–H and O–H groups in total. The lowest BCUT2D eigenvalue weighted by Crippen LogP contribution is -2.45. The summed E-state index contributed by atoms with van der Waals surface area (Å²) in [6.45, 7) is 6.69. The molecule has 2 amide bonds. The number of benzene rings is 1. The molecule has 0 radical (unpaired) electrons. The Kier molecular flexibility index (Phi) is 5.79. The Labute approximate surface area is 135 Å². The summed E-state index contributed by atoms with van der Waals surface area (Å²) in [5.41, 5.74) is 0.866. The van der Waals surface area contributed by atoms with Crippen LogP contribution < -0.4 is 15.5 Å². The molecule has 0 saturated carbocycles. The van der Waals surface area contributed by atoms with Crippen LogP contribution in [0.1, 0.15) is 20.8 Å². The van der Waals surface area contributed by atoms with Crippen LogP contribution in [0, 0.1) is 5.82 Å². The van der Waals surface area contributed by atoms with Crippen molar-refractivity contribution in [2.45, 2.75) is 39.0 Å². The number of anilines is 2. The van der Waals surface area contributed by atoms with Gasteiger partial charge in [0, 0.05) is 18.8 Å². The van der Waals surface area contributed by atoms with Crippen LogP contribution in [0.15, 0.2) is 18.2 Å². The highest BCUT2D eigenvalue weighted by Gasteiger charge is 2.24. The monoisotopic (exact) mass is 325 g/mol. The molecule has 1 aliphatic heterocycles. The van der Waals surface area contributed by atoms with Gasteiger partial charge in [0.05, 0.1) is 30.5 Å².